The number of H-pyrrole nitrogens is 1. The highest BCUT2D eigenvalue weighted by Crippen LogP contribution is 2.16. The van der Waals surface area contributed by atoms with Crippen LogP contribution >= 0.6 is 11.6 Å². The molecule has 3 N–H and O–H groups in total. The molecule has 0 saturated heterocycles. The summed E-state index contributed by atoms with van der Waals surface area (Å²) in [6, 6.07) is 9.13. The first kappa shape index (κ1) is 16.9. The lowest BCUT2D eigenvalue weighted by molar-refractivity contribution is -0.139. The van der Waals surface area contributed by atoms with Gasteiger partial charge < -0.3 is 15.4 Å². The monoisotopic (exact) mass is 361 g/mol. The Morgan fingerprint density at radius 3 is 2.64 bits per heavy atom. The quantitative estimate of drug-likeness (QED) is 0.609. The molecule has 2 aromatic heterocycles. The van der Waals surface area contributed by atoms with Crippen LogP contribution in [0.1, 0.15) is 16.1 Å². The van der Waals surface area contributed by atoms with Crippen molar-refractivity contribution in [1.29, 1.82) is 0 Å². The summed E-state index contributed by atoms with van der Waals surface area (Å²) in [5, 5.41) is 12.7. The molecule has 2 heterocycles. The first-order valence-electron chi connectivity index (χ1n) is 7.36. The zero-order valence-corrected chi connectivity index (χ0v) is 13.5. The van der Waals surface area contributed by atoms with Gasteiger partial charge in [-0.05, 0) is 35.9 Å². The molecule has 0 aliphatic rings. The number of amides is 1. The van der Waals surface area contributed by atoms with E-state index in [4.69, 9.17) is 11.6 Å². The number of hydrogen-bond acceptors (Lipinski definition) is 3. The molecule has 6 nitrogen and oxygen atoms in total. The summed E-state index contributed by atoms with van der Waals surface area (Å²) >= 11 is 5.80. The summed E-state index contributed by atoms with van der Waals surface area (Å²) < 4.78 is 12.9. The van der Waals surface area contributed by atoms with Crippen LogP contribution in [-0.2, 0) is 11.2 Å². The van der Waals surface area contributed by atoms with Gasteiger partial charge in [0.2, 0.25) is 0 Å². The van der Waals surface area contributed by atoms with Gasteiger partial charge in [0.25, 0.3) is 5.91 Å². The Bertz CT molecular complexity index is 940. The van der Waals surface area contributed by atoms with Gasteiger partial charge in [-0.2, -0.15) is 0 Å². The second-order valence-corrected chi connectivity index (χ2v) is 5.84. The summed E-state index contributed by atoms with van der Waals surface area (Å²) in [6.45, 7) is 0. The van der Waals surface area contributed by atoms with Gasteiger partial charge in [-0.1, -0.05) is 23.7 Å². The number of carbonyl (C=O) groups excluding carboxylic acids is 1. The molecule has 1 amide bonds. The third kappa shape index (κ3) is 3.95. The molecule has 0 spiro atoms. The van der Waals surface area contributed by atoms with E-state index in [1.54, 1.807) is 18.2 Å². The van der Waals surface area contributed by atoms with Crippen molar-refractivity contribution in [3.05, 3.63) is 64.7 Å². The highest BCUT2D eigenvalue weighted by Gasteiger charge is 2.22. The fraction of sp³-hybridized carbons (Fsp3) is 0.118. The minimum atomic E-state index is -1.19. The molecule has 25 heavy (non-hydrogen) atoms. The standard InChI is InChI=1S/C17H13ClFN3O3/c18-14-6-3-10-8-12(20-15(10)22-14)16(23)21-13(17(24)25)7-9-1-4-11(19)5-2-9/h1-6,8,13H,7H2,(H,20,22)(H,21,23)(H,24,25). The zero-order chi connectivity index (χ0) is 18.0. The van der Waals surface area contributed by atoms with Gasteiger partial charge >= 0.3 is 5.97 Å². The molecule has 0 radical (unpaired) electrons. The Morgan fingerprint density at radius 2 is 1.96 bits per heavy atom. The molecule has 0 saturated carbocycles. The molecule has 128 valence electrons. The van der Waals surface area contributed by atoms with E-state index in [9.17, 15) is 19.1 Å². The van der Waals surface area contributed by atoms with Gasteiger partial charge in [-0.15, -0.1) is 0 Å². The van der Waals surface area contributed by atoms with Gasteiger partial charge in [0.15, 0.2) is 0 Å². The number of hydrogen-bond donors (Lipinski definition) is 3. The van der Waals surface area contributed by atoms with Crippen LogP contribution in [0.25, 0.3) is 11.0 Å². The van der Waals surface area contributed by atoms with Crippen molar-refractivity contribution in [3.8, 4) is 0 Å². The van der Waals surface area contributed by atoms with E-state index in [1.165, 1.54) is 24.3 Å². The fourth-order valence-corrected chi connectivity index (χ4v) is 2.54. The zero-order valence-electron chi connectivity index (χ0n) is 12.8. The number of carboxylic acid groups (broad SMARTS) is 1. The van der Waals surface area contributed by atoms with E-state index in [0.29, 0.717) is 16.6 Å². The van der Waals surface area contributed by atoms with E-state index in [1.807, 2.05) is 0 Å². The maximum Gasteiger partial charge on any atom is 0.326 e. The maximum absolute atomic E-state index is 12.9. The summed E-state index contributed by atoms with van der Waals surface area (Å²) in [5.41, 5.74) is 1.21. The highest BCUT2D eigenvalue weighted by molar-refractivity contribution is 6.29. The molecular formula is C17H13ClFN3O3. The van der Waals surface area contributed by atoms with Crippen molar-refractivity contribution in [1.82, 2.24) is 15.3 Å². The van der Waals surface area contributed by atoms with Crippen molar-refractivity contribution < 1.29 is 19.1 Å². The minimum Gasteiger partial charge on any atom is -0.480 e. The lowest BCUT2D eigenvalue weighted by atomic mass is 10.1. The van der Waals surface area contributed by atoms with E-state index < -0.39 is 23.7 Å². The van der Waals surface area contributed by atoms with E-state index in [0.717, 1.165) is 0 Å². The van der Waals surface area contributed by atoms with Gasteiger partial charge in [-0.25, -0.2) is 14.2 Å². The number of pyridine rings is 1. The number of aromatic amines is 1. The number of carboxylic acids is 1. The maximum atomic E-state index is 12.9. The predicted octanol–water partition coefficient (Wildman–Crippen LogP) is 2.78. The average Bonchev–Trinajstić information content (AvgIpc) is 2.99. The fourth-order valence-electron chi connectivity index (χ4n) is 2.40. The van der Waals surface area contributed by atoms with Crippen LogP contribution in [0.15, 0.2) is 42.5 Å². The Kier molecular flexibility index (Phi) is 4.67. The first-order valence-corrected chi connectivity index (χ1v) is 7.73. The molecule has 0 fully saturated rings. The van der Waals surface area contributed by atoms with Crippen LogP contribution in [0, 0.1) is 5.82 Å². The number of benzene rings is 1. The molecule has 1 aromatic carbocycles. The largest absolute Gasteiger partial charge is 0.480 e. The second kappa shape index (κ2) is 6.90. The van der Waals surface area contributed by atoms with Crippen molar-refractivity contribution in [2.24, 2.45) is 0 Å². The third-order valence-electron chi connectivity index (χ3n) is 3.65. The molecule has 1 atom stereocenters. The Balaban J connectivity index is 1.77. The number of nitrogens with zero attached hydrogens (tertiary/aromatic N) is 1. The van der Waals surface area contributed by atoms with Crippen molar-refractivity contribution in [3.63, 3.8) is 0 Å². The first-order chi connectivity index (χ1) is 11.9. The van der Waals surface area contributed by atoms with Crippen LogP contribution in [0.5, 0.6) is 0 Å². The van der Waals surface area contributed by atoms with Crippen LogP contribution in [-0.4, -0.2) is 33.0 Å². The Morgan fingerprint density at radius 1 is 1.24 bits per heavy atom. The molecule has 8 heteroatoms. The molecule has 3 rings (SSSR count). The Labute approximate surface area is 146 Å². The SMILES string of the molecule is O=C(NC(Cc1ccc(F)cc1)C(=O)O)c1cc2ccc(Cl)nc2[nH]1. The topological polar surface area (TPSA) is 95.1 Å². The molecular weight excluding hydrogens is 349 g/mol. The smallest absolute Gasteiger partial charge is 0.326 e. The normalized spacial score (nSPS) is 12.1. The molecule has 0 bridgehead atoms. The summed E-state index contributed by atoms with van der Waals surface area (Å²) in [6.07, 6.45) is 0.0334. The summed E-state index contributed by atoms with van der Waals surface area (Å²) in [5.74, 6) is -2.18. The average molecular weight is 362 g/mol. The number of nitrogens with one attached hydrogen (secondary N) is 2. The molecule has 0 aliphatic heterocycles. The highest BCUT2D eigenvalue weighted by atomic mass is 35.5. The van der Waals surface area contributed by atoms with E-state index in [2.05, 4.69) is 15.3 Å². The third-order valence-corrected chi connectivity index (χ3v) is 3.86. The summed E-state index contributed by atoms with van der Waals surface area (Å²) in [4.78, 5) is 30.6. The summed E-state index contributed by atoms with van der Waals surface area (Å²) in [7, 11) is 0. The lowest BCUT2D eigenvalue weighted by Gasteiger charge is -2.14. The van der Waals surface area contributed by atoms with Crippen LogP contribution in [0.3, 0.4) is 0 Å². The van der Waals surface area contributed by atoms with Crippen molar-refractivity contribution >= 4 is 34.5 Å². The number of aromatic nitrogens is 2. The van der Waals surface area contributed by atoms with Gasteiger partial charge in [0.1, 0.15) is 28.4 Å². The van der Waals surface area contributed by atoms with Crippen LogP contribution in [0.4, 0.5) is 4.39 Å². The van der Waals surface area contributed by atoms with Crippen LogP contribution in [0.2, 0.25) is 5.15 Å². The molecule has 3 aromatic rings. The predicted molar refractivity (Wildman–Crippen MR) is 90.1 cm³/mol. The van der Waals surface area contributed by atoms with Crippen molar-refractivity contribution in [2.45, 2.75) is 12.5 Å². The number of aliphatic carboxylic acids is 1. The number of fused-ring (bicyclic) bond motifs is 1. The van der Waals surface area contributed by atoms with Crippen molar-refractivity contribution in [2.75, 3.05) is 0 Å². The van der Waals surface area contributed by atoms with Crippen LogP contribution < -0.4 is 5.32 Å². The second-order valence-electron chi connectivity index (χ2n) is 5.45. The van der Waals surface area contributed by atoms with Gasteiger partial charge in [0, 0.05) is 11.8 Å². The Hall–Kier alpha value is -2.93. The lowest BCUT2D eigenvalue weighted by Crippen LogP contribution is -2.42. The van der Waals surface area contributed by atoms with Gasteiger partial charge in [0.05, 0.1) is 0 Å². The number of carbonyl (C=O) groups is 2. The number of halogens is 2. The minimum absolute atomic E-state index is 0.0334. The van der Waals surface area contributed by atoms with E-state index in [-0.39, 0.29) is 17.3 Å². The van der Waals surface area contributed by atoms with Gasteiger partial charge in [-0.3, -0.25) is 4.79 Å². The molecule has 1 unspecified atom stereocenters. The number of rotatable bonds is 5. The van der Waals surface area contributed by atoms with E-state index >= 15 is 0 Å². The molecule has 0 aliphatic carbocycles.